The molecule has 0 aliphatic carbocycles. The van der Waals surface area contributed by atoms with Crippen molar-refractivity contribution in [2.75, 3.05) is 6.54 Å². The molecule has 12 heavy (non-hydrogen) atoms. The van der Waals surface area contributed by atoms with Crippen LogP contribution in [0.1, 0.15) is 23.8 Å². The first kappa shape index (κ1) is 9.13. The summed E-state index contributed by atoms with van der Waals surface area (Å²) in [6.07, 6.45) is 1.06. The number of hydrogen-bond donors (Lipinski definition) is 1. The zero-order chi connectivity index (χ0) is 8.97. The lowest BCUT2D eigenvalue weighted by atomic mass is 10.1. The van der Waals surface area contributed by atoms with Crippen LogP contribution in [0.3, 0.4) is 0 Å². The van der Waals surface area contributed by atoms with Gasteiger partial charge in [-0.1, -0.05) is 6.07 Å². The molecule has 3 heteroatoms. The molecule has 0 radical (unpaired) electrons. The highest BCUT2D eigenvalue weighted by Gasteiger charge is 2.10. The van der Waals surface area contributed by atoms with Gasteiger partial charge in [-0.25, -0.2) is 4.39 Å². The Labute approximate surface area is 71.6 Å². The van der Waals surface area contributed by atoms with E-state index in [-0.39, 0.29) is 0 Å². The number of nitrogens with two attached hydrogens (primary N) is 1. The molecule has 0 bridgehead atoms. The molecule has 2 nitrogen and oxygen atoms in total. The van der Waals surface area contributed by atoms with Crippen molar-refractivity contribution in [1.82, 2.24) is 4.98 Å². The lowest BCUT2D eigenvalue weighted by Gasteiger charge is -2.08. The Kier molecular flexibility index (Phi) is 3.17. The van der Waals surface area contributed by atoms with E-state index in [1.807, 2.05) is 0 Å². The van der Waals surface area contributed by atoms with Gasteiger partial charge < -0.3 is 5.73 Å². The second-order valence-corrected chi connectivity index (χ2v) is 2.72. The molecule has 2 N–H and O–H groups in total. The van der Waals surface area contributed by atoms with Gasteiger partial charge in [0.15, 0.2) is 0 Å². The molecule has 66 valence electrons. The van der Waals surface area contributed by atoms with Crippen molar-refractivity contribution in [3.63, 3.8) is 0 Å². The van der Waals surface area contributed by atoms with E-state index in [4.69, 9.17) is 5.73 Å². The fraction of sp³-hybridized carbons (Fsp3) is 0.444. The van der Waals surface area contributed by atoms with Gasteiger partial charge in [-0.05, 0) is 26.0 Å². The Hall–Kier alpha value is -0.960. The van der Waals surface area contributed by atoms with E-state index in [9.17, 15) is 4.39 Å². The molecule has 0 fully saturated rings. The highest BCUT2D eigenvalue weighted by molar-refractivity contribution is 5.20. The van der Waals surface area contributed by atoms with Gasteiger partial charge in [-0.15, -0.1) is 0 Å². The normalized spacial score (nSPS) is 12.9. The molecule has 0 saturated carbocycles. The number of halogens is 1. The van der Waals surface area contributed by atoms with Crippen molar-refractivity contribution >= 4 is 0 Å². The third-order valence-corrected chi connectivity index (χ3v) is 1.81. The Morgan fingerprint density at radius 2 is 2.42 bits per heavy atom. The summed E-state index contributed by atoms with van der Waals surface area (Å²) < 4.78 is 13.3. The molecule has 0 amide bonds. The zero-order valence-corrected chi connectivity index (χ0v) is 7.13. The Bertz CT molecular complexity index is 250. The molecule has 1 heterocycles. The van der Waals surface area contributed by atoms with Gasteiger partial charge in [0, 0.05) is 17.5 Å². The minimum absolute atomic E-state index is 0.368. The summed E-state index contributed by atoms with van der Waals surface area (Å²) in [6, 6.07) is 3.49. The lowest BCUT2D eigenvalue weighted by molar-refractivity contribution is 0.325. The number of pyridine rings is 1. The minimum atomic E-state index is -0.969. The van der Waals surface area contributed by atoms with E-state index in [1.165, 1.54) is 0 Å². The monoisotopic (exact) mass is 168 g/mol. The fourth-order valence-corrected chi connectivity index (χ4v) is 1.13. The van der Waals surface area contributed by atoms with E-state index < -0.39 is 6.17 Å². The summed E-state index contributed by atoms with van der Waals surface area (Å²) in [5.41, 5.74) is 6.66. The summed E-state index contributed by atoms with van der Waals surface area (Å²) in [5, 5.41) is 0. The number of nitrogens with zero attached hydrogens (tertiary/aromatic N) is 1. The lowest BCUT2D eigenvalue weighted by Crippen LogP contribution is -2.05. The van der Waals surface area contributed by atoms with Gasteiger partial charge in [0.25, 0.3) is 0 Å². The van der Waals surface area contributed by atoms with Crippen molar-refractivity contribution < 1.29 is 4.39 Å². The van der Waals surface area contributed by atoms with Crippen molar-refractivity contribution in [2.45, 2.75) is 19.5 Å². The number of aromatic nitrogens is 1. The predicted molar refractivity (Wildman–Crippen MR) is 46.5 cm³/mol. The van der Waals surface area contributed by atoms with E-state index in [0.717, 1.165) is 5.69 Å². The Balaban J connectivity index is 2.79. The summed E-state index contributed by atoms with van der Waals surface area (Å²) in [7, 11) is 0. The van der Waals surface area contributed by atoms with Crippen molar-refractivity contribution in [3.05, 3.63) is 29.6 Å². The van der Waals surface area contributed by atoms with Gasteiger partial charge in [-0.3, -0.25) is 4.98 Å². The largest absolute Gasteiger partial charge is 0.330 e. The number of rotatable bonds is 3. The predicted octanol–water partition coefficient (Wildman–Crippen LogP) is 1.75. The maximum absolute atomic E-state index is 13.3. The van der Waals surface area contributed by atoms with Gasteiger partial charge in [-0.2, -0.15) is 0 Å². The van der Waals surface area contributed by atoms with E-state index in [2.05, 4.69) is 4.98 Å². The average molecular weight is 168 g/mol. The first-order valence-corrected chi connectivity index (χ1v) is 4.01. The van der Waals surface area contributed by atoms with Crippen LogP contribution in [-0.4, -0.2) is 11.5 Å². The summed E-state index contributed by atoms with van der Waals surface area (Å²) in [5.74, 6) is 0. The third-order valence-electron chi connectivity index (χ3n) is 1.81. The molecule has 1 aromatic rings. The van der Waals surface area contributed by atoms with E-state index in [0.29, 0.717) is 18.5 Å². The first-order chi connectivity index (χ1) is 5.75. The molecule has 1 atom stereocenters. The molecular formula is C9H13FN2. The van der Waals surface area contributed by atoms with Gasteiger partial charge >= 0.3 is 0 Å². The fourth-order valence-electron chi connectivity index (χ4n) is 1.13. The highest BCUT2D eigenvalue weighted by atomic mass is 19.1. The molecular weight excluding hydrogens is 155 g/mol. The van der Waals surface area contributed by atoms with Crippen LogP contribution < -0.4 is 5.73 Å². The molecule has 0 aliphatic rings. The smallest absolute Gasteiger partial charge is 0.128 e. The number of hydrogen-bond acceptors (Lipinski definition) is 2. The van der Waals surface area contributed by atoms with Crippen LogP contribution in [-0.2, 0) is 0 Å². The molecule has 1 aromatic heterocycles. The van der Waals surface area contributed by atoms with Crippen molar-refractivity contribution in [2.24, 2.45) is 5.73 Å². The van der Waals surface area contributed by atoms with Crippen LogP contribution >= 0.6 is 0 Å². The first-order valence-electron chi connectivity index (χ1n) is 4.01. The highest BCUT2D eigenvalue weighted by Crippen LogP contribution is 2.21. The van der Waals surface area contributed by atoms with Crippen molar-refractivity contribution in [1.29, 1.82) is 0 Å². The molecule has 1 unspecified atom stereocenters. The molecule has 0 aromatic carbocycles. The summed E-state index contributed by atoms with van der Waals surface area (Å²) in [6.45, 7) is 2.17. The van der Waals surface area contributed by atoms with E-state index in [1.54, 1.807) is 25.3 Å². The van der Waals surface area contributed by atoms with Crippen LogP contribution in [0.4, 0.5) is 4.39 Å². The second-order valence-electron chi connectivity index (χ2n) is 2.72. The van der Waals surface area contributed by atoms with Crippen LogP contribution in [0.5, 0.6) is 0 Å². The maximum atomic E-state index is 13.3. The molecule has 0 aliphatic heterocycles. The maximum Gasteiger partial charge on any atom is 0.128 e. The topological polar surface area (TPSA) is 38.9 Å². The standard InChI is InChI=1S/C9H13FN2/c1-7-8(3-2-6-12-7)9(10)4-5-11/h2-3,6,9H,4-5,11H2,1H3. The average Bonchev–Trinajstić information content (AvgIpc) is 2.05. The number of aryl methyl sites for hydroxylation is 1. The molecule has 0 saturated heterocycles. The zero-order valence-electron chi connectivity index (χ0n) is 7.13. The third kappa shape index (κ3) is 2.01. The second kappa shape index (κ2) is 4.16. The van der Waals surface area contributed by atoms with Crippen LogP contribution in [0.2, 0.25) is 0 Å². The SMILES string of the molecule is Cc1ncccc1C(F)CCN. The van der Waals surface area contributed by atoms with Crippen LogP contribution in [0.15, 0.2) is 18.3 Å². The summed E-state index contributed by atoms with van der Waals surface area (Å²) in [4.78, 5) is 4.00. The van der Waals surface area contributed by atoms with Crippen LogP contribution in [0.25, 0.3) is 0 Å². The Morgan fingerprint density at radius 3 is 3.00 bits per heavy atom. The molecule has 0 spiro atoms. The van der Waals surface area contributed by atoms with Gasteiger partial charge in [0.05, 0.1) is 0 Å². The van der Waals surface area contributed by atoms with Crippen LogP contribution in [0, 0.1) is 6.92 Å². The minimum Gasteiger partial charge on any atom is -0.330 e. The Morgan fingerprint density at radius 1 is 1.67 bits per heavy atom. The quantitative estimate of drug-likeness (QED) is 0.746. The summed E-state index contributed by atoms with van der Waals surface area (Å²) >= 11 is 0. The van der Waals surface area contributed by atoms with Crippen molar-refractivity contribution in [3.8, 4) is 0 Å². The van der Waals surface area contributed by atoms with E-state index >= 15 is 0 Å². The molecule has 1 rings (SSSR count). The number of alkyl halides is 1. The van der Waals surface area contributed by atoms with Gasteiger partial charge in [0.1, 0.15) is 6.17 Å². The van der Waals surface area contributed by atoms with Gasteiger partial charge in [0.2, 0.25) is 0 Å².